The number of aromatic nitrogens is 1. The maximum atomic E-state index is 5.48. The van der Waals surface area contributed by atoms with Crippen LogP contribution in [-0.4, -0.2) is 17.1 Å². The standard InChI is InChI=1S/C13H18N2OS2/c1-5-16-9-6-7-11-10(8-9)14-12(17-11)18-15-13(2,3)4/h6-8,15H,5H2,1-4H3. The van der Waals surface area contributed by atoms with Gasteiger partial charge < -0.3 is 4.74 Å². The maximum absolute atomic E-state index is 5.48. The van der Waals surface area contributed by atoms with E-state index in [1.807, 2.05) is 19.1 Å². The Morgan fingerprint density at radius 2 is 2.17 bits per heavy atom. The molecule has 0 aliphatic heterocycles. The smallest absolute Gasteiger partial charge is 0.166 e. The van der Waals surface area contributed by atoms with Crippen molar-refractivity contribution >= 4 is 33.5 Å². The fraction of sp³-hybridized carbons (Fsp3) is 0.462. The summed E-state index contributed by atoms with van der Waals surface area (Å²) in [4.78, 5) is 4.60. The Morgan fingerprint density at radius 3 is 2.83 bits per heavy atom. The predicted octanol–water partition coefficient (Wildman–Crippen LogP) is 4.09. The summed E-state index contributed by atoms with van der Waals surface area (Å²) >= 11 is 3.29. The van der Waals surface area contributed by atoms with Gasteiger partial charge in [0.15, 0.2) is 4.34 Å². The Balaban J connectivity index is 2.16. The second-order valence-corrected chi connectivity index (χ2v) is 7.08. The van der Waals surface area contributed by atoms with E-state index in [9.17, 15) is 0 Å². The van der Waals surface area contributed by atoms with Crippen molar-refractivity contribution in [2.75, 3.05) is 6.61 Å². The van der Waals surface area contributed by atoms with Crippen LogP contribution in [0.2, 0.25) is 0 Å². The van der Waals surface area contributed by atoms with Crippen LogP contribution in [0.5, 0.6) is 5.75 Å². The summed E-state index contributed by atoms with van der Waals surface area (Å²) < 4.78 is 11.1. The van der Waals surface area contributed by atoms with Crippen LogP contribution in [0.1, 0.15) is 27.7 Å². The van der Waals surface area contributed by atoms with E-state index in [1.54, 1.807) is 23.3 Å². The number of fused-ring (bicyclic) bond motifs is 1. The third-order valence-electron chi connectivity index (χ3n) is 2.09. The predicted molar refractivity (Wildman–Crippen MR) is 79.5 cm³/mol. The molecule has 0 spiro atoms. The summed E-state index contributed by atoms with van der Waals surface area (Å²) in [5.74, 6) is 0.885. The topological polar surface area (TPSA) is 34.1 Å². The molecule has 3 nitrogen and oxygen atoms in total. The summed E-state index contributed by atoms with van der Waals surface area (Å²) in [5.41, 5.74) is 1.09. The molecule has 1 N–H and O–H groups in total. The number of ether oxygens (including phenoxy) is 1. The molecule has 1 aromatic heterocycles. The van der Waals surface area contributed by atoms with E-state index in [1.165, 1.54) is 4.70 Å². The van der Waals surface area contributed by atoms with Gasteiger partial charge in [0.05, 0.1) is 16.8 Å². The van der Waals surface area contributed by atoms with Crippen LogP contribution in [0.4, 0.5) is 0 Å². The van der Waals surface area contributed by atoms with Crippen molar-refractivity contribution in [3.05, 3.63) is 18.2 Å². The van der Waals surface area contributed by atoms with E-state index in [0.717, 1.165) is 15.6 Å². The molecular weight excluding hydrogens is 264 g/mol. The summed E-state index contributed by atoms with van der Waals surface area (Å²) in [6.45, 7) is 9.09. The molecule has 0 aliphatic rings. The second-order valence-electron chi connectivity index (χ2n) is 5.00. The minimum absolute atomic E-state index is 0.0823. The van der Waals surface area contributed by atoms with Crippen LogP contribution in [0.3, 0.4) is 0 Å². The lowest BCUT2D eigenvalue weighted by Crippen LogP contribution is -2.29. The highest BCUT2D eigenvalue weighted by molar-refractivity contribution is 7.99. The van der Waals surface area contributed by atoms with Gasteiger partial charge in [0, 0.05) is 11.6 Å². The van der Waals surface area contributed by atoms with Crippen LogP contribution in [0, 0.1) is 0 Å². The molecule has 1 heterocycles. The van der Waals surface area contributed by atoms with Gasteiger partial charge in [-0.15, -0.1) is 11.3 Å². The van der Waals surface area contributed by atoms with E-state index in [-0.39, 0.29) is 5.54 Å². The fourth-order valence-electron chi connectivity index (χ4n) is 1.38. The molecule has 0 atom stereocenters. The molecule has 5 heteroatoms. The van der Waals surface area contributed by atoms with Gasteiger partial charge in [0.2, 0.25) is 0 Å². The number of benzene rings is 1. The van der Waals surface area contributed by atoms with Crippen molar-refractivity contribution in [2.24, 2.45) is 0 Å². The van der Waals surface area contributed by atoms with Gasteiger partial charge in [-0.05, 0) is 51.8 Å². The molecule has 0 saturated heterocycles. The van der Waals surface area contributed by atoms with Crippen LogP contribution in [-0.2, 0) is 0 Å². The zero-order valence-corrected chi connectivity index (χ0v) is 12.7. The van der Waals surface area contributed by atoms with Crippen LogP contribution >= 0.6 is 23.3 Å². The number of hydrogen-bond acceptors (Lipinski definition) is 5. The summed E-state index contributed by atoms with van der Waals surface area (Å²) in [5, 5.41) is 0. The van der Waals surface area contributed by atoms with Crippen molar-refractivity contribution in [1.82, 2.24) is 9.71 Å². The van der Waals surface area contributed by atoms with Gasteiger partial charge in [-0.3, -0.25) is 4.72 Å². The SMILES string of the molecule is CCOc1ccc2sc(SNC(C)(C)C)nc2c1. The van der Waals surface area contributed by atoms with Gasteiger partial charge in [0.25, 0.3) is 0 Å². The maximum Gasteiger partial charge on any atom is 0.166 e. The molecule has 18 heavy (non-hydrogen) atoms. The van der Waals surface area contributed by atoms with Gasteiger partial charge in [-0.2, -0.15) is 0 Å². The highest BCUT2D eigenvalue weighted by Gasteiger charge is 2.12. The summed E-state index contributed by atoms with van der Waals surface area (Å²) in [7, 11) is 0. The van der Waals surface area contributed by atoms with Crippen molar-refractivity contribution in [2.45, 2.75) is 37.6 Å². The minimum Gasteiger partial charge on any atom is -0.494 e. The lowest BCUT2D eigenvalue weighted by atomic mass is 10.1. The monoisotopic (exact) mass is 282 g/mol. The molecule has 0 amide bonds. The van der Waals surface area contributed by atoms with E-state index >= 15 is 0 Å². The molecule has 0 fully saturated rings. The Bertz CT molecular complexity index is 531. The fourth-order valence-corrected chi connectivity index (χ4v) is 3.16. The third-order valence-corrected chi connectivity index (χ3v) is 4.41. The number of nitrogens with zero attached hydrogens (tertiary/aromatic N) is 1. The molecule has 0 unspecified atom stereocenters. The van der Waals surface area contributed by atoms with E-state index in [2.05, 4.69) is 36.5 Å². The molecule has 0 radical (unpaired) electrons. The molecule has 0 saturated carbocycles. The van der Waals surface area contributed by atoms with Gasteiger partial charge in [0.1, 0.15) is 5.75 Å². The Kier molecular flexibility index (Phi) is 4.14. The molecule has 2 rings (SSSR count). The lowest BCUT2D eigenvalue weighted by molar-refractivity contribution is 0.340. The molecule has 0 aliphatic carbocycles. The molecular formula is C13H18N2OS2. The molecule has 0 bridgehead atoms. The lowest BCUT2D eigenvalue weighted by Gasteiger charge is -2.17. The zero-order chi connectivity index (χ0) is 13.2. The quantitative estimate of drug-likeness (QED) is 0.856. The first-order valence-corrected chi connectivity index (χ1v) is 7.58. The molecule has 98 valence electrons. The third kappa shape index (κ3) is 3.60. The average Bonchev–Trinajstić information content (AvgIpc) is 2.68. The molecule has 2 aromatic rings. The highest BCUT2D eigenvalue weighted by Crippen LogP contribution is 2.31. The van der Waals surface area contributed by atoms with Crippen LogP contribution in [0.25, 0.3) is 10.2 Å². The first-order chi connectivity index (χ1) is 8.48. The molecule has 1 aromatic carbocycles. The highest BCUT2D eigenvalue weighted by atomic mass is 32.2. The van der Waals surface area contributed by atoms with Crippen molar-refractivity contribution in [3.63, 3.8) is 0 Å². The summed E-state index contributed by atoms with van der Waals surface area (Å²) in [6.07, 6.45) is 0. The van der Waals surface area contributed by atoms with Crippen molar-refractivity contribution in [3.8, 4) is 5.75 Å². The van der Waals surface area contributed by atoms with Crippen LogP contribution in [0.15, 0.2) is 22.5 Å². The Morgan fingerprint density at radius 1 is 1.39 bits per heavy atom. The number of rotatable bonds is 4. The number of hydrogen-bond donors (Lipinski definition) is 1. The Hall–Kier alpha value is -0.780. The minimum atomic E-state index is 0.0823. The Labute approximate surface area is 116 Å². The first-order valence-electron chi connectivity index (χ1n) is 5.95. The number of thiazole rings is 1. The average molecular weight is 282 g/mol. The van der Waals surface area contributed by atoms with Crippen molar-refractivity contribution < 1.29 is 4.74 Å². The van der Waals surface area contributed by atoms with E-state index in [0.29, 0.717) is 6.61 Å². The normalized spacial score (nSPS) is 12.0. The van der Waals surface area contributed by atoms with Gasteiger partial charge in [-0.1, -0.05) is 0 Å². The van der Waals surface area contributed by atoms with E-state index in [4.69, 9.17) is 4.74 Å². The van der Waals surface area contributed by atoms with Crippen LogP contribution < -0.4 is 9.46 Å². The van der Waals surface area contributed by atoms with Gasteiger partial charge >= 0.3 is 0 Å². The summed E-state index contributed by atoms with van der Waals surface area (Å²) in [6, 6.07) is 6.06. The van der Waals surface area contributed by atoms with E-state index < -0.39 is 0 Å². The second kappa shape index (κ2) is 5.47. The zero-order valence-electron chi connectivity index (χ0n) is 11.1. The largest absolute Gasteiger partial charge is 0.494 e. The number of nitrogens with one attached hydrogen (secondary N) is 1. The first kappa shape index (κ1) is 13.6. The van der Waals surface area contributed by atoms with Crippen molar-refractivity contribution in [1.29, 1.82) is 0 Å². The van der Waals surface area contributed by atoms with Gasteiger partial charge in [-0.25, -0.2) is 4.98 Å².